The Kier molecular flexibility index (Phi) is 6.45. The van der Waals surface area contributed by atoms with Gasteiger partial charge in [0.15, 0.2) is 0 Å². The van der Waals surface area contributed by atoms with Gasteiger partial charge in [-0.2, -0.15) is 0 Å². The molecule has 2 aliphatic rings. The van der Waals surface area contributed by atoms with Crippen LogP contribution in [-0.2, 0) is 0 Å². The highest BCUT2D eigenvalue weighted by molar-refractivity contribution is 6.50. The summed E-state index contributed by atoms with van der Waals surface area (Å²) in [6, 6.07) is 1.27. The van der Waals surface area contributed by atoms with Gasteiger partial charge < -0.3 is 19.5 Å². The summed E-state index contributed by atoms with van der Waals surface area (Å²) < 4.78 is 17.2. The maximum atomic E-state index is 15.4. The molecule has 1 N–H and O–H groups in total. The number of likely N-dealkylation sites (N-methyl/N-ethyl adjacent to an activating group) is 1. The normalized spacial score (nSPS) is 17.9. The molecule has 2 aromatic rings. The molecule has 0 spiro atoms. The first-order chi connectivity index (χ1) is 13.8. The molecule has 1 aliphatic heterocycles. The van der Waals surface area contributed by atoms with Crippen molar-refractivity contribution in [2.75, 3.05) is 38.1 Å². The third kappa shape index (κ3) is 3.82. The summed E-state index contributed by atoms with van der Waals surface area (Å²) in [6.07, 6.45) is 4.83. The summed E-state index contributed by atoms with van der Waals surface area (Å²) in [5, 5.41) is 9.88. The van der Waals surface area contributed by atoms with Crippen molar-refractivity contribution in [2.24, 2.45) is 0 Å². The molecule has 0 amide bonds. The van der Waals surface area contributed by atoms with E-state index in [9.17, 15) is 14.7 Å². The zero-order chi connectivity index (χ0) is 20.9. The van der Waals surface area contributed by atoms with Crippen LogP contribution in [-0.4, -0.2) is 53.8 Å². The van der Waals surface area contributed by atoms with E-state index >= 15 is 4.39 Å². The van der Waals surface area contributed by atoms with Gasteiger partial charge in [-0.05, 0) is 32.9 Å². The number of piperazine rings is 1. The zero-order valence-electron chi connectivity index (χ0n) is 16.8. The lowest BCUT2D eigenvalue weighted by Gasteiger charge is -2.35. The van der Waals surface area contributed by atoms with E-state index in [4.69, 9.17) is 11.6 Å². The molecular formula is C21H24Cl2FN3O3. The zero-order valence-corrected chi connectivity index (χ0v) is 18.4. The van der Waals surface area contributed by atoms with Gasteiger partial charge in [-0.3, -0.25) is 4.79 Å². The first-order valence-electron chi connectivity index (χ1n) is 9.73. The number of aromatic carboxylic acids is 1. The summed E-state index contributed by atoms with van der Waals surface area (Å²) in [5.74, 6) is -1.87. The van der Waals surface area contributed by atoms with E-state index in [0.717, 1.165) is 25.9 Å². The van der Waals surface area contributed by atoms with E-state index in [1.165, 1.54) is 12.3 Å². The number of fused-ring (bicyclic) bond motifs is 1. The standard InChI is InChI=1S/C21H23ClFN3O3.ClH/c1-3-15(22)17-18-13(10-16(23)19(17)25-8-6-24(2)7-9-25)20(27)14(21(28)29)11-26(18)12-4-5-12;/h3,10-12H,4-9H2,1-2H3,(H,28,29);1H/b15-3-;. The number of hydrogen-bond donors (Lipinski definition) is 1. The van der Waals surface area contributed by atoms with Gasteiger partial charge in [-0.1, -0.05) is 17.7 Å². The van der Waals surface area contributed by atoms with Crippen LogP contribution in [0.15, 0.2) is 23.1 Å². The number of carboxylic acid groups (broad SMARTS) is 1. The third-order valence-electron chi connectivity index (χ3n) is 5.72. The third-order valence-corrected chi connectivity index (χ3v) is 6.13. The van der Waals surface area contributed by atoms with Gasteiger partial charge >= 0.3 is 5.97 Å². The Balaban J connectivity index is 0.00000256. The fourth-order valence-electron chi connectivity index (χ4n) is 3.98. The van der Waals surface area contributed by atoms with Crippen LogP contribution in [0, 0.1) is 5.82 Å². The predicted octanol–water partition coefficient (Wildman–Crippen LogP) is 3.95. The molecule has 1 saturated heterocycles. The molecule has 1 aromatic heterocycles. The molecule has 1 aliphatic carbocycles. The number of benzene rings is 1. The Hall–Kier alpha value is -2.09. The van der Waals surface area contributed by atoms with Crippen LogP contribution in [0.4, 0.5) is 10.1 Å². The number of nitrogens with zero attached hydrogens (tertiary/aromatic N) is 3. The Bertz CT molecular complexity index is 1090. The van der Waals surface area contributed by atoms with Gasteiger partial charge in [0, 0.05) is 49.0 Å². The molecule has 4 rings (SSSR count). The summed E-state index contributed by atoms with van der Waals surface area (Å²) in [6.45, 7) is 4.62. The van der Waals surface area contributed by atoms with Crippen LogP contribution in [0.1, 0.15) is 41.7 Å². The molecule has 2 heterocycles. The second kappa shape index (κ2) is 8.57. The van der Waals surface area contributed by atoms with Gasteiger partial charge in [0.05, 0.1) is 16.6 Å². The maximum Gasteiger partial charge on any atom is 0.341 e. The van der Waals surface area contributed by atoms with Crippen LogP contribution < -0.4 is 10.3 Å². The lowest BCUT2D eigenvalue weighted by molar-refractivity contribution is 0.0695. The number of aromatic nitrogens is 1. The Morgan fingerprint density at radius 2 is 1.90 bits per heavy atom. The number of hydrogen-bond acceptors (Lipinski definition) is 4. The van der Waals surface area contributed by atoms with Crippen LogP contribution in [0.2, 0.25) is 0 Å². The maximum absolute atomic E-state index is 15.4. The van der Waals surface area contributed by atoms with Gasteiger partial charge in [0.25, 0.3) is 0 Å². The Morgan fingerprint density at radius 3 is 2.43 bits per heavy atom. The lowest BCUT2D eigenvalue weighted by atomic mass is 10.0. The van der Waals surface area contributed by atoms with Gasteiger partial charge in [-0.25, -0.2) is 9.18 Å². The minimum atomic E-state index is -1.31. The van der Waals surface area contributed by atoms with Crippen molar-refractivity contribution < 1.29 is 14.3 Å². The molecule has 1 saturated carbocycles. The van der Waals surface area contributed by atoms with Crippen LogP contribution >= 0.6 is 24.0 Å². The molecule has 9 heteroatoms. The molecule has 1 aromatic carbocycles. The van der Waals surface area contributed by atoms with E-state index in [1.807, 2.05) is 11.9 Å². The second-order valence-corrected chi connectivity index (χ2v) is 8.13. The topological polar surface area (TPSA) is 65.8 Å². The van der Waals surface area contributed by atoms with E-state index in [1.54, 1.807) is 17.6 Å². The van der Waals surface area contributed by atoms with E-state index in [0.29, 0.717) is 34.9 Å². The summed E-state index contributed by atoms with van der Waals surface area (Å²) in [5.41, 5.74) is 0.329. The monoisotopic (exact) mass is 455 g/mol. The second-order valence-electron chi connectivity index (χ2n) is 7.72. The molecule has 6 nitrogen and oxygen atoms in total. The number of anilines is 1. The van der Waals surface area contributed by atoms with Crippen LogP contribution in [0.5, 0.6) is 0 Å². The molecule has 0 atom stereocenters. The number of carbonyl (C=O) groups is 1. The number of carboxylic acids is 1. The molecule has 0 unspecified atom stereocenters. The Labute approximate surface area is 184 Å². The average molecular weight is 456 g/mol. The highest BCUT2D eigenvalue weighted by Crippen LogP contribution is 2.43. The van der Waals surface area contributed by atoms with Gasteiger partial charge in [0.1, 0.15) is 11.4 Å². The SMILES string of the molecule is C/C=C(\Cl)c1c(N2CCN(C)CC2)c(F)cc2c(=O)c(C(=O)O)cn(C3CC3)c12.Cl. The van der Waals surface area contributed by atoms with E-state index < -0.39 is 17.2 Å². The first-order valence-corrected chi connectivity index (χ1v) is 10.1. The fraction of sp³-hybridized carbons (Fsp3) is 0.429. The van der Waals surface area contributed by atoms with Crippen molar-refractivity contribution in [2.45, 2.75) is 25.8 Å². The first kappa shape index (κ1) is 22.6. The lowest BCUT2D eigenvalue weighted by Crippen LogP contribution is -2.45. The largest absolute Gasteiger partial charge is 0.477 e. The van der Waals surface area contributed by atoms with E-state index in [2.05, 4.69) is 4.90 Å². The Morgan fingerprint density at radius 1 is 1.27 bits per heavy atom. The van der Waals surface area contributed by atoms with Gasteiger partial charge in [-0.15, -0.1) is 12.4 Å². The number of rotatable bonds is 4. The summed E-state index contributed by atoms with van der Waals surface area (Å²) in [7, 11) is 2.02. The number of pyridine rings is 1. The average Bonchev–Trinajstić information content (AvgIpc) is 3.53. The van der Waals surface area contributed by atoms with Crippen molar-refractivity contribution in [3.8, 4) is 0 Å². The fourth-order valence-corrected chi connectivity index (χ4v) is 4.16. The van der Waals surface area contributed by atoms with Crippen molar-refractivity contribution in [3.63, 3.8) is 0 Å². The quantitative estimate of drug-likeness (QED) is 0.755. The summed E-state index contributed by atoms with van der Waals surface area (Å²) >= 11 is 6.57. The predicted molar refractivity (Wildman–Crippen MR) is 120 cm³/mol. The molecule has 162 valence electrons. The smallest absolute Gasteiger partial charge is 0.341 e. The molecule has 2 fully saturated rings. The minimum absolute atomic E-state index is 0. The molecular weight excluding hydrogens is 432 g/mol. The van der Waals surface area contributed by atoms with Gasteiger partial charge in [0.2, 0.25) is 5.43 Å². The molecule has 30 heavy (non-hydrogen) atoms. The molecule has 0 bridgehead atoms. The van der Waals surface area contributed by atoms with Crippen molar-refractivity contribution in [3.05, 3.63) is 45.5 Å². The van der Waals surface area contributed by atoms with Crippen LogP contribution in [0.25, 0.3) is 15.9 Å². The van der Waals surface area contributed by atoms with Crippen molar-refractivity contribution in [1.29, 1.82) is 0 Å². The summed E-state index contributed by atoms with van der Waals surface area (Å²) in [4.78, 5) is 28.6. The van der Waals surface area contributed by atoms with Crippen molar-refractivity contribution >= 4 is 51.6 Å². The highest BCUT2D eigenvalue weighted by Gasteiger charge is 2.31. The van der Waals surface area contributed by atoms with E-state index in [-0.39, 0.29) is 29.4 Å². The number of allylic oxidation sites excluding steroid dienone is 1. The minimum Gasteiger partial charge on any atom is -0.477 e. The molecule has 0 radical (unpaired) electrons. The van der Waals surface area contributed by atoms with Crippen molar-refractivity contribution in [1.82, 2.24) is 9.47 Å². The number of halogens is 3. The van der Waals surface area contributed by atoms with Crippen LogP contribution in [0.3, 0.4) is 0 Å². The highest BCUT2D eigenvalue weighted by atomic mass is 35.5.